The Morgan fingerprint density at radius 3 is 2.27 bits per heavy atom. The molecule has 0 radical (unpaired) electrons. The Morgan fingerprint density at radius 2 is 1.53 bits per heavy atom. The van der Waals surface area contributed by atoms with E-state index < -0.39 is 0 Å². The van der Waals surface area contributed by atoms with Crippen LogP contribution in [0.5, 0.6) is 5.75 Å². The molecule has 0 aromatic heterocycles. The summed E-state index contributed by atoms with van der Waals surface area (Å²) in [6, 6.07) is 30.3. The minimum atomic E-state index is -0.373. The lowest BCUT2D eigenvalue weighted by Gasteiger charge is -2.31. The molecule has 30 heavy (non-hydrogen) atoms. The highest BCUT2D eigenvalue weighted by atomic mass is 79.9. The SMILES string of the molecule is N#Cc1c(-c2ccc(Br)cc2)cc2c(c1N)C(c1ccccc1)Oc1ccccc1-2. The van der Waals surface area contributed by atoms with Crippen molar-refractivity contribution in [2.45, 2.75) is 6.10 Å². The normalized spacial score (nSPS) is 14.2. The van der Waals surface area contributed by atoms with Gasteiger partial charge in [-0.25, -0.2) is 0 Å². The molecular formula is C26H17BrN2O. The first kappa shape index (κ1) is 18.5. The van der Waals surface area contributed by atoms with Gasteiger partial charge in [0.05, 0.1) is 11.3 Å². The number of halogens is 1. The Hall–Kier alpha value is -3.55. The monoisotopic (exact) mass is 452 g/mol. The van der Waals surface area contributed by atoms with Gasteiger partial charge in [0.15, 0.2) is 6.10 Å². The number of anilines is 1. The van der Waals surface area contributed by atoms with Gasteiger partial charge in [0.25, 0.3) is 0 Å². The molecule has 4 heteroatoms. The van der Waals surface area contributed by atoms with Crippen molar-refractivity contribution < 1.29 is 4.74 Å². The van der Waals surface area contributed by atoms with E-state index in [2.05, 4.69) is 28.1 Å². The van der Waals surface area contributed by atoms with Crippen molar-refractivity contribution in [2.24, 2.45) is 0 Å². The highest BCUT2D eigenvalue weighted by Crippen LogP contribution is 2.49. The number of nitrogen functional groups attached to an aromatic ring is 1. The minimum absolute atomic E-state index is 0.373. The van der Waals surface area contributed by atoms with Gasteiger partial charge in [-0.3, -0.25) is 0 Å². The molecule has 4 aromatic carbocycles. The first-order chi connectivity index (χ1) is 14.7. The van der Waals surface area contributed by atoms with E-state index in [1.54, 1.807) is 0 Å². The highest BCUT2D eigenvalue weighted by Gasteiger charge is 2.31. The predicted molar refractivity (Wildman–Crippen MR) is 123 cm³/mol. The number of nitrogens with two attached hydrogens (primary N) is 1. The number of hydrogen-bond acceptors (Lipinski definition) is 3. The summed E-state index contributed by atoms with van der Waals surface area (Å²) in [6.45, 7) is 0. The number of nitriles is 1. The van der Waals surface area contributed by atoms with Crippen LogP contribution in [0.4, 0.5) is 5.69 Å². The molecule has 0 saturated heterocycles. The van der Waals surface area contributed by atoms with Gasteiger partial charge in [-0.1, -0.05) is 76.6 Å². The van der Waals surface area contributed by atoms with Crippen LogP contribution in [-0.2, 0) is 0 Å². The number of fused-ring (bicyclic) bond motifs is 3. The quantitative estimate of drug-likeness (QED) is 0.343. The van der Waals surface area contributed by atoms with Crippen LogP contribution in [0.3, 0.4) is 0 Å². The molecule has 1 aliphatic heterocycles. The third-order valence-corrected chi connectivity index (χ3v) is 5.99. The van der Waals surface area contributed by atoms with Crippen LogP contribution in [0.25, 0.3) is 22.3 Å². The van der Waals surface area contributed by atoms with Crippen LogP contribution in [0, 0.1) is 11.3 Å². The van der Waals surface area contributed by atoms with Gasteiger partial charge in [-0.15, -0.1) is 0 Å². The van der Waals surface area contributed by atoms with E-state index in [9.17, 15) is 5.26 Å². The first-order valence-electron chi connectivity index (χ1n) is 9.61. The molecule has 0 bridgehead atoms. The van der Waals surface area contributed by atoms with Crippen molar-refractivity contribution in [1.29, 1.82) is 5.26 Å². The fourth-order valence-corrected chi connectivity index (χ4v) is 4.31. The van der Waals surface area contributed by atoms with Gasteiger partial charge in [0.2, 0.25) is 0 Å². The molecule has 0 saturated carbocycles. The summed E-state index contributed by atoms with van der Waals surface area (Å²) in [5.74, 6) is 0.810. The lowest BCUT2D eigenvalue weighted by molar-refractivity contribution is 0.244. The van der Waals surface area contributed by atoms with Crippen molar-refractivity contribution in [1.82, 2.24) is 0 Å². The Bertz CT molecular complexity index is 1290. The van der Waals surface area contributed by atoms with Gasteiger partial charge in [0, 0.05) is 21.2 Å². The summed E-state index contributed by atoms with van der Waals surface area (Å²) in [5.41, 5.74) is 13.2. The number of ether oxygens (including phenoxy) is 1. The Balaban J connectivity index is 1.83. The molecule has 3 nitrogen and oxygen atoms in total. The summed E-state index contributed by atoms with van der Waals surface area (Å²) < 4.78 is 7.38. The van der Waals surface area contributed by atoms with Crippen LogP contribution in [0.1, 0.15) is 22.8 Å². The third-order valence-electron chi connectivity index (χ3n) is 5.46. The topological polar surface area (TPSA) is 59.0 Å². The molecule has 1 atom stereocenters. The Kier molecular flexibility index (Phi) is 4.54. The Labute approximate surface area is 183 Å². The van der Waals surface area contributed by atoms with Crippen molar-refractivity contribution in [3.8, 4) is 34.1 Å². The predicted octanol–water partition coefficient (Wildman–Crippen LogP) is 6.72. The van der Waals surface area contributed by atoms with Crippen LogP contribution in [-0.4, -0.2) is 0 Å². The smallest absolute Gasteiger partial charge is 0.152 e. The Morgan fingerprint density at radius 1 is 0.833 bits per heavy atom. The van der Waals surface area contributed by atoms with E-state index in [-0.39, 0.29) is 6.10 Å². The molecule has 5 rings (SSSR count). The summed E-state index contributed by atoms with van der Waals surface area (Å²) in [4.78, 5) is 0. The van der Waals surface area contributed by atoms with Crippen molar-refractivity contribution >= 4 is 21.6 Å². The average Bonchev–Trinajstić information content (AvgIpc) is 2.79. The molecule has 1 heterocycles. The van der Waals surface area contributed by atoms with Crippen molar-refractivity contribution in [3.63, 3.8) is 0 Å². The number of nitrogens with zero attached hydrogens (tertiary/aromatic N) is 1. The molecule has 0 aliphatic carbocycles. The molecule has 1 unspecified atom stereocenters. The number of para-hydroxylation sites is 1. The molecule has 0 spiro atoms. The zero-order valence-electron chi connectivity index (χ0n) is 16.0. The van der Waals surface area contributed by atoms with Crippen LogP contribution in [0.2, 0.25) is 0 Å². The number of hydrogen-bond donors (Lipinski definition) is 1. The maximum absolute atomic E-state index is 9.99. The van der Waals surface area contributed by atoms with Gasteiger partial charge in [-0.05, 0) is 41.0 Å². The standard InChI is InChI=1S/C26H17BrN2O/c27-18-12-10-16(11-13-18)20-14-21-19-8-4-5-9-23(19)30-26(17-6-2-1-3-7-17)24(21)25(29)22(20)15-28/h1-14,26H,29H2. The minimum Gasteiger partial charge on any atom is -0.480 e. The molecule has 144 valence electrons. The summed E-state index contributed by atoms with van der Waals surface area (Å²) in [7, 11) is 0. The lowest BCUT2D eigenvalue weighted by atomic mass is 9.83. The van der Waals surface area contributed by atoms with E-state index in [0.29, 0.717) is 11.3 Å². The van der Waals surface area contributed by atoms with Crippen LogP contribution >= 0.6 is 15.9 Å². The molecule has 1 aliphatic rings. The van der Waals surface area contributed by atoms with E-state index in [4.69, 9.17) is 10.5 Å². The zero-order valence-corrected chi connectivity index (χ0v) is 17.6. The van der Waals surface area contributed by atoms with Gasteiger partial charge in [0.1, 0.15) is 11.8 Å². The fraction of sp³-hybridized carbons (Fsp3) is 0.0385. The molecular weight excluding hydrogens is 436 g/mol. The van der Waals surface area contributed by atoms with Crippen LogP contribution < -0.4 is 10.5 Å². The van der Waals surface area contributed by atoms with Crippen molar-refractivity contribution in [2.75, 3.05) is 5.73 Å². The average molecular weight is 453 g/mol. The maximum atomic E-state index is 9.99. The van der Waals surface area contributed by atoms with E-state index in [0.717, 1.165) is 43.6 Å². The first-order valence-corrected chi connectivity index (χ1v) is 10.4. The second-order valence-electron chi connectivity index (χ2n) is 7.20. The fourth-order valence-electron chi connectivity index (χ4n) is 4.04. The second kappa shape index (κ2) is 7.37. The maximum Gasteiger partial charge on any atom is 0.152 e. The van der Waals surface area contributed by atoms with E-state index in [1.807, 2.05) is 78.9 Å². The number of rotatable bonds is 2. The number of benzene rings is 4. The lowest BCUT2D eigenvalue weighted by Crippen LogP contribution is -2.18. The summed E-state index contributed by atoms with van der Waals surface area (Å²) >= 11 is 3.48. The second-order valence-corrected chi connectivity index (χ2v) is 8.11. The van der Waals surface area contributed by atoms with E-state index in [1.165, 1.54) is 0 Å². The van der Waals surface area contributed by atoms with Gasteiger partial charge >= 0.3 is 0 Å². The summed E-state index contributed by atoms with van der Waals surface area (Å²) in [6.07, 6.45) is -0.373. The zero-order chi connectivity index (χ0) is 20.7. The van der Waals surface area contributed by atoms with Crippen LogP contribution in [0.15, 0.2) is 89.4 Å². The van der Waals surface area contributed by atoms with Gasteiger partial charge in [-0.2, -0.15) is 5.26 Å². The summed E-state index contributed by atoms with van der Waals surface area (Å²) in [5, 5.41) is 9.99. The highest BCUT2D eigenvalue weighted by molar-refractivity contribution is 9.10. The third kappa shape index (κ3) is 2.96. The molecule has 0 fully saturated rings. The molecule has 0 amide bonds. The molecule has 4 aromatic rings. The van der Waals surface area contributed by atoms with Gasteiger partial charge < -0.3 is 10.5 Å². The van der Waals surface area contributed by atoms with E-state index >= 15 is 0 Å². The van der Waals surface area contributed by atoms with Crippen molar-refractivity contribution in [3.05, 3.63) is 106 Å². The largest absolute Gasteiger partial charge is 0.480 e. The molecule has 2 N–H and O–H groups in total.